The Hall–Kier alpha value is -2.24. The highest BCUT2D eigenvalue weighted by atomic mass is 16.5. The molecule has 1 aliphatic rings. The lowest BCUT2D eigenvalue weighted by molar-refractivity contribution is -0.127. The average molecular weight is 292 g/mol. The van der Waals surface area contributed by atoms with Gasteiger partial charge in [0.1, 0.15) is 12.4 Å². The molecule has 1 aliphatic heterocycles. The molecule has 1 aromatic carbocycles. The van der Waals surface area contributed by atoms with E-state index in [9.17, 15) is 9.59 Å². The molecule has 1 heterocycles. The van der Waals surface area contributed by atoms with Crippen molar-refractivity contribution >= 4 is 23.4 Å². The second-order valence-electron chi connectivity index (χ2n) is 5.52. The molecule has 0 spiro atoms. The fourth-order valence-corrected chi connectivity index (χ4v) is 2.21. The highest BCUT2D eigenvalue weighted by Gasteiger charge is 2.37. The Morgan fingerprint density at radius 2 is 2.19 bits per heavy atom. The molecule has 1 aromatic rings. The van der Waals surface area contributed by atoms with Gasteiger partial charge in [-0.05, 0) is 32.9 Å². The van der Waals surface area contributed by atoms with Gasteiger partial charge in [-0.1, -0.05) is 0 Å². The van der Waals surface area contributed by atoms with Crippen LogP contribution in [0.3, 0.4) is 0 Å². The Labute approximate surface area is 124 Å². The summed E-state index contributed by atoms with van der Waals surface area (Å²) >= 11 is 0. The van der Waals surface area contributed by atoms with Gasteiger partial charge < -0.3 is 14.4 Å². The minimum absolute atomic E-state index is 0.0254. The molecule has 0 radical (unpaired) electrons. The fourth-order valence-electron chi connectivity index (χ4n) is 2.21. The molecule has 0 bridgehead atoms. The molecule has 0 saturated heterocycles. The van der Waals surface area contributed by atoms with Crippen molar-refractivity contribution in [2.75, 3.05) is 30.5 Å². The number of hydrogen-bond donors (Lipinski definition) is 1. The van der Waals surface area contributed by atoms with Crippen LogP contribution in [0.4, 0.5) is 16.2 Å². The maximum absolute atomic E-state index is 12.5. The molecular weight excluding hydrogens is 272 g/mol. The minimum atomic E-state index is -0.592. The van der Waals surface area contributed by atoms with Gasteiger partial charge in [-0.2, -0.15) is 0 Å². The number of amides is 2. The van der Waals surface area contributed by atoms with Gasteiger partial charge in [0.15, 0.2) is 0 Å². The number of nitrogens with zero attached hydrogens (tertiary/aromatic N) is 1. The monoisotopic (exact) mass is 292 g/mol. The molecule has 0 fully saturated rings. The molecule has 21 heavy (non-hydrogen) atoms. The molecule has 6 heteroatoms. The molecule has 0 atom stereocenters. The van der Waals surface area contributed by atoms with E-state index in [1.54, 1.807) is 23.1 Å². The second kappa shape index (κ2) is 5.63. The molecule has 2 rings (SSSR count). The van der Waals surface area contributed by atoms with Gasteiger partial charge in [0, 0.05) is 18.3 Å². The van der Waals surface area contributed by atoms with E-state index in [0.29, 0.717) is 23.7 Å². The van der Waals surface area contributed by atoms with E-state index in [0.717, 1.165) is 0 Å². The van der Waals surface area contributed by atoms with Crippen molar-refractivity contribution in [2.24, 2.45) is 5.41 Å². The predicted octanol–water partition coefficient (Wildman–Crippen LogP) is 2.64. The normalized spacial score (nSPS) is 16.6. The van der Waals surface area contributed by atoms with Crippen LogP contribution >= 0.6 is 0 Å². The van der Waals surface area contributed by atoms with Crippen LogP contribution < -0.4 is 15.0 Å². The van der Waals surface area contributed by atoms with E-state index in [4.69, 9.17) is 4.74 Å². The Morgan fingerprint density at radius 1 is 1.48 bits per heavy atom. The summed E-state index contributed by atoms with van der Waals surface area (Å²) in [6.45, 7) is 6.48. The number of methoxy groups -OCH3 is 1. The standard InChI is InChI=1S/C15H20N2O4/c1-5-17-11-7-6-10(16-14(19)20-4)8-12(11)21-9-15(2,3)13(17)18/h6-8H,5,9H2,1-4H3,(H,16,19). The SMILES string of the molecule is CCN1C(=O)C(C)(C)COc2cc(NC(=O)OC)ccc21. The van der Waals surface area contributed by atoms with E-state index in [1.807, 2.05) is 20.8 Å². The third-order valence-electron chi connectivity index (χ3n) is 3.41. The first-order valence-corrected chi connectivity index (χ1v) is 6.83. The molecule has 0 aliphatic carbocycles. The molecule has 6 nitrogen and oxygen atoms in total. The summed E-state index contributed by atoms with van der Waals surface area (Å²) in [7, 11) is 1.30. The first-order valence-electron chi connectivity index (χ1n) is 6.83. The number of benzene rings is 1. The summed E-state index contributed by atoms with van der Waals surface area (Å²) in [5.74, 6) is 0.599. The van der Waals surface area contributed by atoms with E-state index in [2.05, 4.69) is 10.1 Å². The second-order valence-corrected chi connectivity index (χ2v) is 5.52. The maximum atomic E-state index is 12.5. The van der Waals surface area contributed by atoms with Crippen molar-refractivity contribution in [1.82, 2.24) is 0 Å². The molecule has 114 valence electrons. The van der Waals surface area contributed by atoms with Crippen LogP contribution in [0.15, 0.2) is 18.2 Å². The Kier molecular flexibility index (Phi) is 4.06. The van der Waals surface area contributed by atoms with Crippen LogP contribution in [-0.2, 0) is 9.53 Å². The third kappa shape index (κ3) is 2.94. The van der Waals surface area contributed by atoms with Gasteiger partial charge >= 0.3 is 6.09 Å². The molecule has 0 aromatic heterocycles. The summed E-state index contributed by atoms with van der Waals surface area (Å²) in [6.07, 6.45) is -0.549. The minimum Gasteiger partial charge on any atom is -0.490 e. The Morgan fingerprint density at radius 3 is 2.81 bits per heavy atom. The molecule has 0 unspecified atom stereocenters. The van der Waals surface area contributed by atoms with Crippen molar-refractivity contribution in [2.45, 2.75) is 20.8 Å². The van der Waals surface area contributed by atoms with E-state index >= 15 is 0 Å². The number of carbonyl (C=O) groups is 2. The number of rotatable bonds is 2. The van der Waals surface area contributed by atoms with Crippen LogP contribution in [0.5, 0.6) is 5.75 Å². The van der Waals surface area contributed by atoms with E-state index in [1.165, 1.54) is 7.11 Å². The third-order valence-corrected chi connectivity index (χ3v) is 3.41. The lowest BCUT2D eigenvalue weighted by Crippen LogP contribution is -2.42. The Bertz CT molecular complexity index is 569. The summed E-state index contributed by atoms with van der Waals surface area (Å²) in [4.78, 5) is 25.5. The summed E-state index contributed by atoms with van der Waals surface area (Å²) in [5, 5.41) is 2.58. The maximum Gasteiger partial charge on any atom is 0.411 e. The van der Waals surface area contributed by atoms with Gasteiger partial charge in [0.2, 0.25) is 5.91 Å². The van der Waals surface area contributed by atoms with Gasteiger partial charge in [-0.25, -0.2) is 4.79 Å². The van der Waals surface area contributed by atoms with Crippen molar-refractivity contribution in [1.29, 1.82) is 0 Å². The predicted molar refractivity (Wildman–Crippen MR) is 79.8 cm³/mol. The van der Waals surface area contributed by atoms with Crippen LogP contribution in [-0.4, -0.2) is 32.3 Å². The van der Waals surface area contributed by atoms with Crippen LogP contribution in [0.1, 0.15) is 20.8 Å². The molecule has 2 amide bonds. The first kappa shape index (κ1) is 15.2. The molecular formula is C15H20N2O4. The van der Waals surface area contributed by atoms with Crippen molar-refractivity contribution in [3.05, 3.63) is 18.2 Å². The number of nitrogens with one attached hydrogen (secondary N) is 1. The molecule has 0 saturated carbocycles. The van der Waals surface area contributed by atoms with Gasteiger partial charge in [-0.3, -0.25) is 10.1 Å². The van der Waals surface area contributed by atoms with Crippen molar-refractivity contribution < 1.29 is 19.1 Å². The first-order chi connectivity index (χ1) is 9.89. The smallest absolute Gasteiger partial charge is 0.411 e. The number of fused-ring (bicyclic) bond motifs is 1. The van der Waals surface area contributed by atoms with Crippen molar-refractivity contribution in [3.63, 3.8) is 0 Å². The number of hydrogen-bond acceptors (Lipinski definition) is 4. The zero-order valence-electron chi connectivity index (χ0n) is 12.7. The summed E-state index contributed by atoms with van der Waals surface area (Å²) in [6, 6.07) is 5.18. The van der Waals surface area contributed by atoms with Crippen LogP contribution in [0.2, 0.25) is 0 Å². The number of carbonyl (C=O) groups excluding carboxylic acids is 2. The molecule has 1 N–H and O–H groups in total. The zero-order valence-corrected chi connectivity index (χ0v) is 12.7. The van der Waals surface area contributed by atoms with Gasteiger partial charge in [-0.15, -0.1) is 0 Å². The van der Waals surface area contributed by atoms with Gasteiger partial charge in [0.25, 0.3) is 0 Å². The fraction of sp³-hybridized carbons (Fsp3) is 0.467. The highest BCUT2D eigenvalue weighted by Crippen LogP contribution is 2.37. The lowest BCUT2D eigenvalue weighted by atomic mass is 9.93. The average Bonchev–Trinajstić information content (AvgIpc) is 2.55. The summed E-state index contributed by atoms with van der Waals surface area (Å²) in [5.41, 5.74) is 0.678. The Balaban J connectivity index is 2.38. The number of anilines is 2. The summed E-state index contributed by atoms with van der Waals surface area (Å²) < 4.78 is 10.3. The van der Waals surface area contributed by atoms with Crippen LogP contribution in [0.25, 0.3) is 0 Å². The lowest BCUT2D eigenvalue weighted by Gasteiger charge is -2.26. The van der Waals surface area contributed by atoms with Crippen molar-refractivity contribution in [3.8, 4) is 5.75 Å². The quantitative estimate of drug-likeness (QED) is 0.910. The number of ether oxygens (including phenoxy) is 2. The van der Waals surface area contributed by atoms with E-state index in [-0.39, 0.29) is 12.5 Å². The largest absolute Gasteiger partial charge is 0.490 e. The van der Waals surface area contributed by atoms with E-state index < -0.39 is 11.5 Å². The van der Waals surface area contributed by atoms with Crippen LogP contribution in [0, 0.1) is 5.41 Å². The topological polar surface area (TPSA) is 67.9 Å². The van der Waals surface area contributed by atoms with Gasteiger partial charge in [0.05, 0.1) is 18.2 Å². The highest BCUT2D eigenvalue weighted by molar-refractivity contribution is 5.99. The zero-order chi connectivity index (χ0) is 15.6.